The van der Waals surface area contributed by atoms with Crippen molar-refractivity contribution < 1.29 is 4.79 Å². The molecule has 1 aliphatic carbocycles. The maximum atomic E-state index is 12.5. The van der Waals surface area contributed by atoms with E-state index in [4.69, 9.17) is 11.6 Å². The van der Waals surface area contributed by atoms with Gasteiger partial charge in [-0.1, -0.05) is 17.7 Å². The minimum atomic E-state index is 0.218. The molecule has 0 spiro atoms. The number of hydrogen-bond donors (Lipinski definition) is 3. The van der Waals surface area contributed by atoms with Crippen LogP contribution in [0.15, 0.2) is 24.3 Å². The quantitative estimate of drug-likeness (QED) is 0.709. The van der Waals surface area contributed by atoms with E-state index in [1.54, 1.807) is 0 Å². The molecule has 2 aliphatic heterocycles. The van der Waals surface area contributed by atoms with Crippen LogP contribution in [0.25, 0.3) is 0 Å². The average molecular weight is 392 g/mol. The third-order valence-corrected chi connectivity index (χ3v) is 6.50. The molecule has 3 aliphatic rings. The van der Waals surface area contributed by atoms with Crippen molar-refractivity contribution in [3.63, 3.8) is 0 Å². The van der Waals surface area contributed by atoms with Crippen LogP contribution in [-0.2, 0) is 4.79 Å². The first-order valence-corrected chi connectivity index (χ1v) is 10.5. The van der Waals surface area contributed by atoms with Gasteiger partial charge in [-0.3, -0.25) is 15.6 Å². The molecule has 2 heterocycles. The Morgan fingerprint density at radius 1 is 1.22 bits per heavy atom. The normalized spacial score (nSPS) is 28.3. The van der Waals surface area contributed by atoms with E-state index in [9.17, 15) is 4.79 Å². The fraction of sp³-hybridized carbons (Fsp3) is 0.650. The number of nitrogens with one attached hydrogen (secondary N) is 3. The Morgan fingerprint density at radius 2 is 2.07 bits per heavy atom. The van der Waals surface area contributed by atoms with Gasteiger partial charge in [0.1, 0.15) is 0 Å². The molecule has 27 heavy (non-hydrogen) atoms. The van der Waals surface area contributed by atoms with Crippen molar-refractivity contribution in [2.45, 2.75) is 25.3 Å². The Morgan fingerprint density at radius 3 is 2.89 bits per heavy atom. The lowest BCUT2D eigenvalue weighted by molar-refractivity contribution is -0.130. The summed E-state index contributed by atoms with van der Waals surface area (Å²) in [7, 11) is 0. The molecule has 3 fully saturated rings. The van der Waals surface area contributed by atoms with E-state index in [0.29, 0.717) is 18.5 Å². The summed E-state index contributed by atoms with van der Waals surface area (Å²) in [4.78, 5) is 16.8. The molecule has 6 nitrogen and oxygen atoms in total. The summed E-state index contributed by atoms with van der Waals surface area (Å²) in [6.45, 7) is 5.76. The molecule has 0 aromatic heterocycles. The summed E-state index contributed by atoms with van der Waals surface area (Å²) in [5, 5.41) is 4.17. The van der Waals surface area contributed by atoms with Crippen LogP contribution >= 0.6 is 11.6 Å². The largest absolute Gasteiger partial charge is 0.368 e. The molecule has 0 bridgehead atoms. The smallest absolute Gasteiger partial charge is 0.236 e. The molecular formula is C20H30ClN5O. The molecule has 4 rings (SSSR count). The van der Waals surface area contributed by atoms with E-state index in [0.717, 1.165) is 55.9 Å². The van der Waals surface area contributed by atoms with E-state index >= 15 is 0 Å². The van der Waals surface area contributed by atoms with Crippen LogP contribution in [0.3, 0.4) is 0 Å². The number of halogens is 1. The molecule has 3 atom stereocenters. The predicted octanol–water partition coefficient (Wildman–Crippen LogP) is 1.47. The summed E-state index contributed by atoms with van der Waals surface area (Å²) in [5.74, 6) is 1.68. The fourth-order valence-corrected chi connectivity index (χ4v) is 4.81. The van der Waals surface area contributed by atoms with Crippen molar-refractivity contribution in [1.29, 1.82) is 0 Å². The summed E-state index contributed by atoms with van der Waals surface area (Å²) in [5.41, 5.74) is 7.81. The van der Waals surface area contributed by atoms with Gasteiger partial charge in [-0.15, -0.1) is 0 Å². The lowest BCUT2D eigenvalue weighted by atomic mass is 9.79. The van der Waals surface area contributed by atoms with E-state index in [2.05, 4.69) is 27.1 Å². The second kappa shape index (κ2) is 8.78. The van der Waals surface area contributed by atoms with Crippen molar-refractivity contribution in [3.8, 4) is 0 Å². The van der Waals surface area contributed by atoms with Gasteiger partial charge in [0.15, 0.2) is 0 Å². The highest BCUT2D eigenvalue weighted by atomic mass is 35.5. The van der Waals surface area contributed by atoms with Crippen LogP contribution in [-0.4, -0.2) is 62.7 Å². The summed E-state index contributed by atoms with van der Waals surface area (Å²) in [6, 6.07) is 8.55. The third kappa shape index (κ3) is 4.74. The van der Waals surface area contributed by atoms with Gasteiger partial charge in [0, 0.05) is 49.5 Å². The van der Waals surface area contributed by atoms with Gasteiger partial charge >= 0.3 is 0 Å². The first-order valence-electron chi connectivity index (χ1n) is 10.2. The summed E-state index contributed by atoms with van der Waals surface area (Å²) < 4.78 is 0. The highest BCUT2D eigenvalue weighted by Crippen LogP contribution is 2.30. The Kier molecular flexibility index (Phi) is 6.18. The number of benzene rings is 1. The molecule has 1 saturated carbocycles. The minimum Gasteiger partial charge on any atom is -0.368 e. The Labute approximate surface area is 166 Å². The van der Waals surface area contributed by atoms with Crippen molar-refractivity contribution in [2.75, 3.05) is 50.7 Å². The Balaban J connectivity index is 1.16. The van der Waals surface area contributed by atoms with Crippen molar-refractivity contribution in [2.24, 2.45) is 11.8 Å². The first kappa shape index (κ1) is 19.0. The van der Waals surface area contributed by atoms with Gasteiger partial charge < -0.3 is 15.1 Å². The van der Waals surface area contributed by atoms with Crippen LogP contribution in [0, 0.1) is 11.8 Å². The third-order valence-electron chi connectivity index (χ3n) is 6.27. The number of hydrazine groups is 1. The van der Waals surface area contributed by atoms with Gasteiger partial charge in [-0.05, 0) is 55.8 Å². The van der Waals surface area contributed by atoms with Gasteiger partial charge in [0.05, 0.1) is 6.54 Å². The lowest BCUT2D eigenvalue weighted by Gasteiger charge is -2.36. The Hall–Kier alpha value is -1.34. The van der Waals surface area contributed by atoms with Crippen LogP contribution in [0.2, 0.25) is 5.02 Å². The highest BCUT2D eigenvalue weighted by molar-refractivity contribution is 6.30. The highest BCUT2D eigenvalue weighted by Gasteiger charge is 2.33. The maximum absolute atomic E-state index is 12.5. The molecular weight excluding hydrogens is 362 g/mol. The second-order valence-electron chi connectivity index (χ2n) is 8.05. The summed E-state index contributed by atoms with van der Waals surface area (Å²) >= 11 is 6.09. The van der Waals surface area contributed by atoms with Crippen molar-refractivity contribution in [3.05, 3.63) is 29.3 Å². The molecule has 3 unspecified atom stereocenters. The van der Waals surface area contributed by atoms with Crippen LogP contribution in [0.5, 0.6) is 0 Å². The Bertz CT molecular complexity index is 649. The first-order chi connectivity index (χ1) is 13.2. The molecule has 3 N–H and O–H groups in total. The fourth-order valence-electron chi connectivity index (χ4n) is 4.63. The monoisotopic (exact) mass is 391 g/mol. The van der Waals surface area contributed by atoms with Crippen LogP contribution in [0.1, 0.15) is 19.3 Å². The van der Waals surface area contributed by atoms with Crippen LogP contribution < -0.4 is 21.1 Å². The molecule has 7 heteroatoms. The number of nitrogens with zero attached hydrogens (tertiary/aromatic N) is 2. The van der Waals surface area contributed by atoms with E-state index in [-0.39, 0.29) is 5.91 Å². The maximum Gasteiger partial charge on any atom is 0.236 e. The second-order valence-corrected chi connectivity index (χ2v) is 8.49. The number of rotatable bonds is 5. The van der Waals surface area contributed by atoms with Crippen LogP contribution in [0.4, 0.5) is 5.69 Å². The molecule has 148 valence electrons. The number of carbonyl (C=O) groups is 1. The number of carbonyl (C=O) groups excluding carboxylic acids is 1. The predicted molar refractivity (Wildman–Crippen MR) is 109 cm³/mol. The number of fused-ring (bicyclic) bond motifs is 1. The number of amides is 1. The molecule has 1 aromatic carbocycles. The van der Waals surface area contributed by atoms with Gasteiger partial charge in [-0.2, -0.15) is 0 Å². The molecule has 0 radical (unpaired) electrons. The zero-order chi connectivity index (χ0) is 18.6. The zero-order valence-electron chi connectivity index (χ0n) is 15.8. The van der Waals surface area contributed by atoms with E-state index in [1.165, 1.54) is 19.3 Å². The number of anilines is 1. The molecule has 1 amide bonds. The molecule has 1 aromatic rings. The van der Waals surface area contributed by atoms with E-state index in [1.807, 2.05) is 23.1 Å². The summed E-state index contributed by atoms with van der Waals surface area (Å²) in [6.07, 6.45) is 3.76. The van der Waals surface area contributed by atoms with Crippen molar-refractivity contribution in [1.82, 2.24) is 21.1 Å². The van der Waals surface area contributed by atoms with Gasteiger partial charge in [0.25, 0.3) is 0 Å². The standard InChI is InChI=1S/C20H30ClN5O/c21-17-2-1-3-18(11-17)25-6-8-26(9-7-25)20(27)14-22-12-15-4-5-16-13-23-24-19(16)10-15/h1-3,11,15-16,19,22-24H,4-10,12-14H2. The average Bonchev–Trinajstić information content (AvgIpc) is 3.16. The van der Waals surface area contributed by atoms with E-state index < -0.39 is 0 Å². The number of piperazine rings is 1. The lowest BCUT2D eigenvalue weighted by Crippen LogP contribution is -2.51. The zero-order valence-corrected chi connectivity index (χ0v) is 16.5. The minimum absolute atomic E-state index is 0.218. The van der Waals surface area contributed by atoms with Gasteiger partial charge in [0.2, 0.25) is 5.91 Å². The SMILES string of the molecule is O=C(CNCC1CCC2CNNC2C1)N1CCN(c2cccc(Cl)c2)CC1. The topological polar surface area (TPSA) is 59.6 Å². The van der Waals surface area contributed by atoms with Crippen molar-refractivity contribution >= 4 is 23.2 Å². The molecule has 2 saturated heterocycles. The van der Waals surface area contributed by atoms with Gasteiger partial charge in [-0.25, -0.2) is 0 Å². The number of hydrogen-bond acceptors (Lipinski definition) is 5.